The molecule has 0 heterocycles. The van der Waals surface area contributed by atoms with Gasteiger partial charge in [-0.15, -0.1) is 0 Å². The number of hydrogen-bond donors (Lipinski definition) is 0. The Hall–Kier alpha value is -1.38. The van der Waals surface area contributed by atoms with E-state index in [2.05, 4.69) is 0 Å². The summed E-state index contributed by atoms with van der Waals surface area (Å²) in [4.78, 5) is 22.8. The lowest BCUT2D eigenvalue weighted by Crippen LogP contribution is -2.07. The molecule has 0 unspecified atom stereocenters. The van der Waals surface area contributed by atoms with Crippen molar-refractivity contribution in [2.45, 2.75) is 0 Å². The molecule has 0 fully saturated rings. The predicted octanol–water partition coefficient (Wildman–Crippen LogP) is 3.08. The molecule has 1 aromatic carbocycles. The Balaban J connectivity index is 2.61. The van der Waals surface area contributed by atoms with Gasteiger partial charge in [0.25, 0.3) is 0 Å². The minimum atomic E-state index is -0.269. The molecule has 2 nitrogen and oxygen atoms in total. The largest absolute Gasteiger partial charge is 0.290 e. The average Bonchev–Trinajstić information content (AvgIpc) is 2.23. The summed E-state index contributed by atoms with van der Waals surface area (Å²) < 4.78 is 0. The van der Waals surface area contributed by atoms with Gasteiger partial charge in [-0.1, -0.05) is 29.3 Å². The zero-order valence-electron chi connectivity index (χ0n) is 8.04. The molecule has 0 amide bonds. The minimum absolute atomic E-state index is 0.239. The highest BCUT2D eigenvalue weighted by atomic mass is 35.5. The fourth-order valence-electron chi connectivity index (χ4n) is 1.46. The van der Waals surface area contributed by atoms with Gasteiger partial charge in [0.1, 0.15) is 0 Å². The van der Waals surface area contributed by atoms with Gasteiger partial charge in [0.15, 0.2) is 11.6 Å². The Labute approximate surface area is 102 Å². The number of carbonyl (C=O) groups is 2. The topological polar surface area (TPSA) is 34.1 Å². The van der Waals surface area contributed by atoms with E-state index in [9.17, 15) is 9.59 Å². The maximum Gasteiger partial charge on any atom is 0.186 e. The number of allylic oxidation sites excluding steroid dienone is 4. The summed E-state index contributed by atoms with van der Waals surface area (Å²) in [5, 5.41) is 0.713. The molecule has 1 aliphatic rings. The van der Waals surface area contributed by atoms with E-state index in [4.69, 9.17) is 23.2 Å². The van der Waals surface area contributed by atoms with E-state index in [1.54, 1.807) is 18.2 Å². The van der Waals surface area contributed by atoms with E-state index in [0.717, 1.165) is 0 Å². The van der Waals surface area contributed by atoms with Crippen LogP contribution in [0.1, 0.15) is 5.56 Å². The molecule has 16 heavy (non-hydrogen) atoms. The monoisotopic (exact) mass is 252 g/mol. The molecule has 0 atom stereocenters. The third-order valence-corrected chi connectivity index (χ3v) is 2.81. The van der Waals surface area contributed by atoms with Crippen molar-refractivity contribution in [3.8, 4) is 0 Å². The molecule has 0 saturated carbocycles. The Morgan fingerprint density at radius 1 is 0.938 bits per heavy atom. The second-order valence-electron chi connectivity index (χ2n) is 3.25. The second-order valence-corrected chi connectivity index (χ2v) is 4.07. The quantitative estimate of drug-likeness (QED) is 0.720. The van der Waals surface area contributed by atoms with Crippen LogP contribution in [0.25, 0.3) is 5.57 Å². The van der Waals surface area contributed by atoms with Crippen molar-refractivity contribution in [2.24, 2.45) is 0 Å². The number of ketones is 2. The van der Waals surface area contributed by atoms with Gasteiger partial charge in [0.2, 0.25) is 0 Å². The number of hydrogen-bond acceptors (Lipinski definition) is 2. The van der Waals surface area contributed by atoms with Crippen molar-refractivity contribution >= 4 is 40.3 Å². The molecule has 0 radical (unpaired) electrons. The highest BCUT2D eigenvalue weighted by Crippen LogP contribution is 2.32. The molecular formula is C12H6Cl2O2. The first-order chi connectivity index (χ1) is 7.59. The van der Waals surface area contributed by atoms with E-state index < -0.39 is 0 Å². The molecule has 0 aliphatic heterocycles. The van der Waals surface area contributed by atoms with Gasteiger partial charge in [-0.2, -0.15) is 0 Å². The molecule has 80 valence electrons. The van der Waals surface area contributed by atoms with Crippen molar-refractivity contribution in [2.75, 3.05) is 0 Å². The highest BCUT2D eigenvalue weighted by Gasteiger charge is 2.19. The number of rotatable bonds is 1. The van der Waals surface area contributed by atoms with Crippen LogP contribution in [0.2, 0.25) is 10.0 Å². The zero-order chi connectivity index (χ0) is 11.7. The fourth-order valence-corrected chi connectivity index (χ4v) is 2.06. The Bertz CT molecular complexity index is 522. The normalized spacial score (nSPS) is 15.2. The maximum atomic E-state index is 11.6. The lowest BCUT2D eigenvalue weighted by Gasteiger charge is -2.10. The molecule has 0 N–H and O–H groups in total. The van der Waals surface area contributed by atoms with Crippen LogP contribution in [0.5, 0.6) is 0 Å². The summed E-state index contributed by atoms with van der Waals surface area (Å²) in [6.07, 6.45) is 3.68. The van der Waals surface area contributed by atoms with Gasteiger partial charge in [-0.25, -0.2) is 0 Å². The highest BCUT2D eigenvalue weighted by molar-refractivity contribution is 6.43. The SMILES string of the molecule is O=C1C=CC(=O)C(c2c(Cl)cccc2Cl)=C1. The summed E-state index contributed by atoms with van der Waals surface area (Å²) in [6, 6.07) is 4.93. The fraction of sp³-hybridized carbons (Fsp3) is 0. The van der Waals surface area contributed by atoms with Crippen LogP contribution in [0.15, 0.2) is 36.4 Å². The first-order valence-electron chi connectivity index (χ1n) is 4.52. The molecule has 0 bridgehead atoms. The zero-order valence-corrected chi connectivity index (χ0v) is 9.55. The first kappa shape index (κ1) is 11.1. The van der Waals surface area contributed by atoms with Crippen molar-refractivity contribution in [3.63, 3.8) is 0 Å². The van der Waals surface area contributed by atoms with E-state index in [-0.39, 0.29) is 17.1 Å². The smallest absolute Gasteiger partial charge is 0.186 e. The molecule has 4 heteroatoms. The van der Waals surface area contributed by atoms with E-state index >= 15 is 0 Å². The molecule has 2 rings (SSSR count). The summed E-state index contributed by atoms with van der Waals surface area (Å²) >= 11 is 11.9. The van der Waals surface area contributed by atoms with Crippen molar-refractivity contribution in [3.05, 3.63) is 52.0 Å². The summed E-state index contributed by atoms with van der Waals surface area (Å²) in [6.45, 7) is 0. The molecule has 1 aliphatic carbocycles. The third-order valence-electron chi connectivity index (χ3n) is 2.18. The van der Waals surface area contributed by atoms with Crippen LogP contribution in [-0.4, -0.2) is 11.6 Å². The first-order valence-corrected chi connectivity index (χ1v) is 5.27. The van der Waals surface area contributed by atoms with Crippen LogP contribution in [0.4, 0.5) is 0 Å². The average molecular weight is 253 g/mol. The van der Waals surface area contributed by atoms with Crippen molar-refractivity contribution in [1.29, 1.82) is 0 Å². The summed E-state index contributed by atoms with van der Waals surface area (Å²) in [5.41, 5.74) is 0.650. The maximum absolute atomic E-state index is 11.6. The Kier molecular flexibility index (Phi) is 2.95. The molecule has 0 spiro atoms. The van der Waals surface area contributed by atoms with Gasteiger partial charge >= 0.3 is 0 Å². The van der Waals surface area contributed by atoms with Gasteiger partial charge in [-0.05, 0) is 30.4 Å². The van der Waals surface area contributed by atoms with Crippen molar-refractivity contribution in [1.82, 2.24) is 0 Å². The lowest BCUT2D eigenvalue weighted by molar-refractivity contribution is -0.113. The van der Waals surface area contributed by atoms with Gasteiger partial charge in [-0.3, -0.25) is 9.59 Å². The second kappa shape index (κ2) is 4.24. The Morgan fingerprint density at radius 3 is 2.19 bits per heavy atom. The predicted molar refractivity (Wildman–Crippen MR) is 63.6 cm³/mol. The minimum Gasteiger partial charge on any atom is -0.290 e. The summed E-state index contributed by atoms with van der Waals surface area (Å²) in [7, 11) is 0. The molecule has 1 aromatic rings. The number of carbonyl (C=O) groups excluding carboxylic acids is 2. The van der Waals surface area contributed by atoms with E-state index in [1.165, 1.54) is 18.2 Å². The summed E-state index contributed by atoms with van der Waals surface area (Å²) in [5.74, 6) is -0.514. The van der Waals surface area contributed by atoms with Crippen LogP contribution < -0.4 is 0 Å². The van der Waals surface area contributed by atoms with Crippen LogP contribution in [-0.2, 0) is 9.59 Å². The molecule has 0 aromatic heterocycles. The third kappa shape index (κ3) is 1.94. The van der Waals surface area contributed by atoms with Crippen LogP contribution >= 0.6 is 23.2 Å². The van der Waals surface area contributed by atoms with Crippen LogP contribution in [0, 0.1) is 0 Å². The van der Waals surface area contributed by atoms with Gasteiger partial charge in [0.05, 0.1) is 10.0 Å². The van der Waals surface area contributed by atoms with E-state index in [0.29, 0.717) is 15.6 Å². The van der Waals surface area contributed by atoms with Gasteiger partial charge in [0, 0.05) is 11.1 Å². The molecular weight excluding hydrogens is 247 g/mol. The number of halogens is 2. The van der Waals surface area contributed by atoms with Crippen LogP contribution in [0.3, 0.4) is 0 Å². The lowest BCUT2D eigenvalue weighted by atomic mass is 9.96. The number of benzene rings is 1. The van der Waals surface area contributed by atoms with E-state index in [1.807, 2.05) is 0 Å². The Morgan fingerprint density at radius 2 is 1.56 bits per heavy atom. The van der Waals surface area contributed by atoms with Crippen molar-refractivity contribution < 1.29 is 9.59 Å². The standard InChI is InChI=1S/C12H6Cl2O2/c13-9-2-1-3-10(14)12(9)8-6-7(15)4-5-11(8)16/h1-6H. The van der Waals surface area contributed by atoms with Gasteiger partial charge < -0.3 is 0 Å². The molecule has 0 saturated heterocycles.